The average molecular weight is 517 g/mol. The highest BCUT2D eigenvalue weighted by molar-refractivity contribution is 5.66. The number of hydrogen-bond donors (Lipinski definition) is 2. The van der Waals surface area contributed by atoms with E-state index in [1.165, 1.54) is 6.07 Å². The lowest BCUT2D eigenvalue weighted by Crippen LogP contribution is -2.10. The molecule has 4 heterocycles. The molecule has 6 aromatic rings. The minimum absolute atomic E-state index is 0.214. The van der Waals surface area contributed by atoms with Crippen molar-refractivity contribution in [3.05, 3.63) is 102 Å². The molecular formula is C27H23F3N8. The number of alkyl halides is 3. The highest BCUT2D eigenvalue weighted by Gasteiger charge is 2.31. The van der Waals surface area contributed by atoms with Gasteiger partial charge in [-0.2, -0.15) is 23.4 Å². The van der Waals surface area contributed by atoms with Crippen LogP contribution in [0.2, 0.25) is 0 Å². The third kappa shape index (κ3) is 4.32. The maximum absolute atomic E-state index is 13.7. The van der Waals surface area contributed by atoms with Gasteiger partial charge in [0.1, 0.15) is 11.5 Å². The van der Waals surface area contributed by atoms with E-state index >= 15 is 0 Å². The molecule has 0 saturated heterocycles. The Morgan fingerprint density at radius 1 is 0.974 bits per heavy atom. The third-order valence-electron chi connectivity index (χ3n) is 6.49. The van der Waals surface area contributed by atoms with Crippen LogP contribution in [0.15, 0.2) is 79.6 Å². The molecule has 0 aliphatic heterocycles. The molecular weight excluding hydrogens is 493 g/mol. The number of aryl methyl sites for hydroxylation is 2. The molecule has 4 aromatic heterocycles. The van der Waals surface area contributed by atoms with Crippen molar-refractivity contribution >= 4 is 11.3 Å². The summed E-state index contributed by atoms with van der Waals surface area (Å²) in [7, 11) is 0. The monoisotopic (exact) mass is 516 g/mol. The van der Waals surface area contributed by atoms with E-state index < -0.39 is 11.7 Å². The Morgan fingerprint density at radius 2 is 1.84 bits per heavy atom. The predicted molar refractivity (Wildman–Crippen MR) is 137 cm³/mol. The fraction of sp³-hybridized carbons (Fsp3) is 0.148. The number of rotatable bonds is 6. The standard InChI is InChI=1S/C27H23F3N8/c1-17-3-4-22(12-25(17)37-7-8-38-26(37)13-24(35-38)20-15-33-34-16-20)32-14-19-9-21(27(28,29)30)11-23(10-19)36-6-5-31-18(36)2/h3-13,15-16,32H,14H2,1-2H3,(H,33,34). The fourth-order valence-corrected chi connectivity index (χ4v) is 4.53. The van der Waals surface area contributed by atoms with Gasteiger partial charge in [-0.3, -0.25) is 9.67 Å². The van der Waals surface area contributed by atoms with E-state index in [0.717, 1.165) is 39.9 Å². The molecule has 0 aliphatic rings. The summed E-state index contributed by atoms with van der Waals surface area (Å²) in [4.78, 5) is 4.14. The average Bonchev–Trinajstić information content (AvgIpc) is 3.67. The molecule has 0 unspecified atom stereocenters. The van der Waals surface area contributed by atoms with Gasteiger partial charge in [0.15, 0.2) is 0 Å². The molecule has 6 rings (SSSR count). The normalized spacial score (nSPS) is 11.9. The largest absolute Gasteiger partial charge is 0.416 e. The maximum atomic E-state index is 13.7. The van der Waals surface area contributed by atoms with Crippen LogP contribution in [0.1, 0.15) is 22.5 Å². The molecule has 38 heavy (non-hydrogen) atoms. The van der Waals surface area contributed by atoms with Crippen molar-refractivity contribution in [2.75, 3.05) is 5.32 Å². The van der Waals surface area contributed by atoms with Crippen molar-refractivity contribution in [2.45, 2.75) is 26.6 Å². The molecule has 2 aromatic carbocycles. The fourth-order valence-electron chi connectivity index (χ4n) is 4.53. The highest BCUT2D eigenvalue weighted by Crippen LogP contribution is 2.32. The maximum Gasteiger partial charge on any atom is 0.416 e. The first kappa shape index (κ1) is 23.6. The number of H-pyrrole nitrogens is 1. The molecule has 0 aliphatic carbocycles. The number of benzene rings is 2. The van der Waals surface area contributed by atoms with Gasteiger partial charge in [0.05, 0.1) is 23.1 Å². The Hall–Kier alpha value is -4.80. The summed E-state index contributed by atoms with van der Waals surface area (Å²) in [6.45, 7) is 3.98. The van der Waals surface area contributed by atoms with Gasteiger partial charge in [0, 0.05) is 60.5 Å². The van der Waals surface area contributed by atoms with Crippen molar-refractivity contribution in [1.82, 2.24) is 33.9 Å². The first-order valence-corrected chi connectivity index (χ1v) is 11.9. The quantitative estimate of drug-likeness (QED) is 0.287. The van der Waals surface area contributed by atoms with Crippen LogP contribution in [0.5, 0.6) is 0 Å². The Balaban J connectivity index is 1.31. The van der Waals surface area contributed by atoms with Gasteiger partial charge in [-0.05, 0) is 55.3 Å². The Labute approximate surface area is 215 Å². The van der Waals surface area contributed by atoms with Crippen LogP contribution in [0.3, 0.4) is 0 Å². The summed E-state index contributed by atoms with van der Waals surface area (Å²) in [6, 6.07) is 11.9. The molecule has 192 valence electrons. The summed E-state index contributed by atoms with van der Waals surface area (Å²) >= 11 is 0. The van der Waals surface area contributed by atoms with Crippen LogP contribution in [0.25, 0.3) is 28.3 Å². The van der Waals surface area contributed by atoms with E-state index in [2.05, 4.69) is 25.6 Å². The summed E-state index contributed by atoms with van der Waals surface area (Å²) in [5.41, 5.74) is 5.54. The second kappa shape index (κ2) is 8.94. The van der Waals surface area contributed by atoms with Gasteiger partial charge in [0.2, 0.25) is 0 Å². The number of nitrogens with one attached hydrogen (secondary N) is 2. The van der Waals surface area contributed by atoms with Crippen molar-refractivity contribution < 1.29 is 13.2 Å². The lowest BCUT2D eigenvalue weighted by Gasteiger charge is -2.15. The van der Waals surface area contributed by atoms with E-state index in [4.69, 9.17) is 0 Å². The molecule has 8 nitrogen and oxygen atoms in total. The number of fused-ring (bicyclic) bond motifs is 1. The van der Waals surface area contributed by atoms with Gasteiger partial charge >= 0.3 is 6.18 Å². The second-order valence-electron chi connectivity index (χ2n) is 9.07. The van der Waals surface area contributed by atoms with Gasteiger partial charge < -0.3 is 9.88 Å². The second-order valence-corrected chi connectivity index (χ2v) is 9.07. The molecule has 11 heteroatoms. The number of imidazole rings is 2. The van der Waals surface area contributed by atoms with E-state index in [9.17, 15) is 13.2 Å². The smallest absolute Gasteiger partial charge is 0.381 e. The van der Waals surface area contributed by atoms with Crippen molar-refractivity contribution in [3.63, 3.8) is 0 Å². The Bertz CT molecular complexity index is 1740. The Kier molecular flexibility index (Phi) is 5.55. The minimum atomic E-state index is -4.46. The van der Waals surface area contributed by atoms with Crippen LogP contribution in [-0.4, -0.2) is 33.9 Å². The number of hydrogen-bond acceptors (Lipinski definition) is 4. The zero-order chi connectivity index (χ0) is 26.4. The van der Waals surface area contributed by atoms with Crippen molar-refractivity contribution in [3.8, 4) is 22.6 Å². The predicted octanol–water partition coefficient (Wildman–Crippen LogP) is 5.95. The first-order valence-electron chi connectivity index (χ1n) is 11.9. The van der Waals surface area contributed by atoms with Crippen LogP contribution in [-0.2, 0) is 12.7 Å². The van der Waals surface area contributed by atoms with Gasteiger partial charge in [-0.15, -0.1) is 0 Å². The lowest BCUT2D eigenvalue weighted by atomic mass is 10.1. The van der Waals surface area contributed by atoms with Crippen molar-refractivity contribution in [1.29, 1.82) is 0 Å². The van der Waals surface area contributed by atoms with Gasteiger partial charge in [-0.1, -0.05) is 6.07 Å². The zero-order valence-corrected chi connectivity index (χ0v) is 20.5. The minimum Gasteiger partial charge on any atom is -0.381 e. The van der Waals surface area contributed by atoms with Crippen LogP contribution < -0.4 is 5.32 Å². The first-order chi connectivity index (χ1) is 18.3. The Morgan fingerprint density at radius 3 is 2.58 bits per heavy atom. The summed E-state index contributed by atoms with van der Waals surface area (Å²) in [5, 5.41) is 14.7. The number of aromatic nitrogens is 7. The molecule has 0 spiro atoms. The summed E-state index contributed by atoms with van der Waals surface area (Å²) in [5.74, 6) is 0.611. The number of nitrogens with zero attached hydrogens (tertiary/aromatic N) is 6. The molecule has 0 fully saturated rings. The van der Waals surface area contributed by atoms with Gasteiger partial charge in [-0.25, -0.2) is 9.50 Å². The van der Waals surface area contributed by atoms with E-state index in [1.807, 2.05) is 48.1 Å². The zero-order valence-electron chi connectivity index (χ0n) is 20.5. The lowest BCUT2D eigenvalue weighted by molar-refractivity contribution is -0.137. The molecule has 0 radical (unpaired) electrons. The van der Waals surface area contributed by atoms with E-state index in [1.54, 1.807) is 46.9 Å². The van der Waals surface area contributed by atoms with E-state index in [0.29, 0.717) is 17.1 Å². The number of anilines is 1. The topological polar surface area (TPSA) is 80.8 Å². The van der Waals surface area contributed by atoms with Crippen LogP contribution in [0, 0.1) is 13.8 Å². The number of halogens is 3. The highest BCUT2D eigenvalue weighted by atomic mass is 19.4. The van der Waals surface area contributed by atoms with Crippen LogP contribution >= 0.6 is 0 Å². The molecule has 0 amide bonds. The molecule has 0 bridgehead atoms. The summed E-state index contributed by atoms with van der Waals surface area (Å²) < 4.78 is 46.5. The van der Waals surface area contributed by atoms with Gasteiger partial charge in [0.25, 0.3) is 0 Å². The molecule has 2 N–H and O–H groups in total. The molecule has 0 atom stereocenters. The SMILES string of the molecule is Cc1ccc(NCc2cc(-n3ccnc3C)cc(C(F)(F)F)c2)cc1-n1ccn2nc(-c3cn[nH]c3)cc12. The third-order valence-corrected chi connectivity index (χ3v) is 6.49. The number of aromatic amines is 1. The van der Waals surface area contributed by atoms with Crippen molar-refractivity contribution in [2.24, 2.45) is 0 Å². The van der Waals surface area contributed by atoms with E-state index in [-0.39, 0.29) is 6.54 Å². The molecule has 0 saturated carbocycles. The summed E-state index contributed by atoms with van der Waals surface area (Å²) in [6.07, 6.45) is 6.07. The van der Waals surface area contributed by atoms with Crippen LogP contribution in [0.4, 0.5) is 18.9 Å².